The molecule has 0 unspecified atom stereocenters. The number of hydrogen-bond acceptors (Lipinski definition) is 8. The van der Waals surface area contributed by atoms with Crippen molar-refractivity contribution in [1.29, 1.82) is 0 Å². The van der Waals surface area contributed by atoms with Crippen LogP contribution in [-0.2, 0) is 0 Å². The number of hydrogen-bond donors (Lipinski definition) is 1. The monoisotopic (exact) mass is 293 g/mol. The standard InChI is InChI=1S/C11H15N7OS/c1-19-9-8(12)10(14-6-13-9)20-11-15-16-17-18(11)7-4-2-3-5-7/h6-7H,2-5,12H2,1H3. The molecule has 1 aliphatic carbocycles. The first-order valence-electron chi connectivity index (χ1n) is 6.39. The van der Waals surface area contributed by atoms with E-state index in [-0.39, 0.29) is 0 Å². The molecule has 8 nitrogen and oxygen atoms in total. The summed E-state index contributed by atoms with van der Waals surface area (Å²) in [6.07, 6.45) is 6.08. The van der Waals surface area contributed by atoms with Gasteiger partial charge >= 0.3 is 0 Å². The fourth-order valence-electron chi connectivity index (χ4n) is 2.33. The van der Waals surface area contributed by atoms with Gasteiger partial charge in [-0.15, -0.1) is 5.10 Å². The van der Waals surface area contributed by atoms with Gasteiger partial charge in [-0.1, -0.05) is 12.8 Å². The molecule has 20 heavy (non-hydrogen) atoms. The molecule has 1 aliphatic rings. The van der Waals surface area contributed by atoms with Crippen LogP contribution in [0.2, 0.25) is 0 Å². The summed E-state index contributed by atoms with van der Waals surface area (Å²) in [6.45, 7) is 0. The summed E-state index contributed by atoms with van der Waals surface area (Å²) in [5, 5.41) is 13.2. The van der Waals surface area contributed by atoms with Crippen LogP contribution in [0.5, 0.6) is 5.88 Å². The third-order valence-electron chi connectivity index (χ3n) is 3.33. The summed E-state index contributed by atoms with van der Waals surface area (Å²) in [5.74, 6) is 0.363. The highest BCUT2D eigenvalue weighted by molar-refractivity contribution is 7.99. The molecule has 0 radical (unpaired) electrons. The molecule has 0 spiro atoms. The molecule has 1 fully saturated rings. The number of nitrogens with two attached hydrogens (primary N) is 1. The van der Waals surface area contributed by atoms with E-state index in [2.05, 4.69) is 25.5 Å². The third kappa shape index (κ3) is 2.40. The Bertz CT molecular complexity index is 596. The number of anilines is 1. The second-order valence-corrected chi connectivity index (χ2v) is 5.50. The number of aromatic nitrogens is 6. The molecule has 2 aromatic heterocycles. The van der Waals surface area contributed by atoms with Gasteiger partial charge in [0.05, 0.1) is 13.2 Å². The van der Waals surface area contributed by atoms with Gasteiger partial charge in [-0.3, -0.25) is 0 Å². The first-order chi connectivity index (χ1) is 9.79. The zero-order chi connectivity index (χ0) is 13.9. The maximum atomic E-state index is 5.97. The molecule has 9 heteroatoms. The van der Waals surface area contributed by atoms with E-state index >= 15 is 0 Å². The summed E-state index contributed by atoms with van der Waals surface area (Å²) in [7, 11) is 1.52. The zero-order valence-electron chi connectivity index (χ0n) is 11.1. The van der Waals surface area contributed by atoms with Crippen LogP contribution >= 0.6 is 11.8 Å². The Morgan fingerprint density at radius 3 is 2.90 bits per heavy atom. The highest BCUT2D eigenvalue weighted by Crippen LogP contribution is 2.36. The van der Waals surface area contributed by atoms with E-state index in [0.717, 1.165) is 12.8 Å². The van der Waals surface area contributed by atoms with Crippen molar-refractivity contribution in [2.45, 2.75) is 41.9 Å². The average Bonchev–Trinajstić information content (AvgIpc) is 3.11. The van der Waals surface area contributed by atoms with Crippen LogP contribution in [0.25, 0.3) is 0 Å². The Labute approximate surface area is 120 Å². The first kappa shape index (κ1) is 13.1. The molecule has 0 aliphatic heterocycles. The fourth-order valence-corrected chi connectivity index (χ4v) is 3.15. The van der Waals surface area contributed by atoms with Gasteiger partial charge in [-0.2, -0.15) is 4.98 Å². The van der Waals surface area contributed by atoms with Gasteiger partial charge in [0.2, 0.25) is 11.0 Å². The maximum absolute atomic E-state index is 5.97. The van der Waals surface area contributed by atoms with E-state index < -0.39 is 0 Å². The smallest absolute Gasteiger partial charge is 0.241 e. The average molecular weight is 293 g/mol. The maximum Gasteiger partial charge on any atom is 0.241 e. The molecule has 0 aromatic carbocycles. The third-order valence-corrected chi connectivity index (χ3v) is 4.30. The minimum atomic E-state index is 0.363. The fraction of sp³-hybridized carbons (Fsp3) is 0.545. The van der Waals surface area contributed by atoms with Gasteiger partial charge in [-0.05, 0) is 35.0 Å². The van der Waals surface area contributed by atoms with Gasteiger partial charge in [0.15, 0.2) is 0 Å². The number of methoxy groups -OCH3 is 1. The Hall–Kier alpha value is -1.90. The number of tetrazole rings is 1. The number of nitrogen functional groups attached to an aromatic ring is 1. The van der Waals surface area contributed by atoms with Gasteiger partial charge in [-0.25, -0.2) is 9.67 Å². The van der Waals surface area contributed by atoms with Gasteiger partial charge < -0.3 is 10.5 Å². The highest BCUT2D eigenvalue weighted by Gasteiger charge is 2.23. The van der Waals surface area contributed by atoms with Crippen molar-refractivity contribution in [1.82, 2.24) is 30.2 Å². The zero-order valence-corrected chi connectivity index (χ0v) is 11.9. The lowest BCUT2D eigenvalue weighted by Gasteiger charge is -2.11. The van der Waals surface area contributed by atoms with Crippen LogP contribution in [0.4, 0.5) is 5.69 Å². The Balaban J connectivity index is 1.86. The Kier molecular flexibility index (Phi) is 3.68. The largest absolute Gasteiger partial charge is 0.479 e. The topological polar surface area (TPSA) is 105 Å². The van der Waals surface area contributed by atoms with E-state index in [1.807, 2.05) is 4.68 Å². The van der Waals surface area contributed by atoms with Crippen molar-refractivity contribution >= 4 is 17.4 Å². The molecule has 0 saturated heterocycles. The molecule has 3 rings (SSSR count). The van der Waals surface area contributed by atoms with Crippen LogP contribution in [0.15, 0.2) is 16.5 Å². The second kappa shape index (κ2) is 5.61. The molecule has 2 N–H and O–H groups in total. The normalized spacial score (nSPS) is 15.7. The molecule has 0 amide bonds. The SMILES string of the molecule is COc1ncnc(Sc2nnnn2C2CCCC2)c1N. The van der Waals surface area contributed by atoms with E-state index in [0.29, 0.717) is 27.8 Å². The lowest BCUT2D eigenvalue weighted by molar-refractivity contribution is 0.397. The molecule has 0 bridgehead atoms. The number of nitrogens with zero attached hydrogens (tertiary/aromatic N) is 6. The van der Waals surface area contributed by atoms with Gasteiger partial charge in [0.25, 0.3) is 0 Å². The molecule has 106 valence electrons. The van der Waals surface area contributed by atoms with Crippen LogP contribution in [0.3, 0.4) is 0 Å². The van der Waals surface area contributed by atoms with Crippen molar-refractivity contribution in [3.05, 3.63) is 6.33 Å². The van der Waals surface area contributed by atoms with Gasteiger partial charge in [0, 0.05) is 0 Å². The summed E-state index contributed by atoms with van der Waals surface area (Å²) < 4.78 is 6.95. The van der Waals surface area contributed by atoms with E-state index in [1.54, 1.807) is 0 Å². The summed E-state index contributed by atoms with van der Waals surface area (Å²) in [4.78, 5) is 8.12. The summed E-state index contributed by atoms with van der Waals surface area (Å²) >= 11 is 1.33. The number of rotatable bonds is 4. The predicted molar refractivity (Wildman–Crippen MR) is 72.4 cm³/mol. The molecular formula is C11H15N7OS. The van der Waals surface area contributed by atoms with Crippen molar-refractivity contribution in [3.63, 3.8) is 0 Å². The minimum absolute atomic E-state index is 0.363. The molecule has 1 saturated carbocycles. The Morgan fingerprint density at radius 1 is 1.35 bits per heavy atom. The van der Waals surface area contributed by atoms with Gasteiger partial charge in [0.1, 0.15) is 17.0 Å². The first-order valence-corrected chi connectivity index (χ1v) is 7.21. The molecule has 0 atom stereocenters. The van der Waals surface area contributed by atoms with E-state index in [1.165, 1.54) is 38.0 Å². The molecular weight excluding hydrogens is 278 g/mol. The van der Waals surface area contributed by atoms with Crippen LogP contribution < -0.4 is 10.5 Å². The number of ether oxygens (including phenoxy) is 1. The summed E-state index contributed by atoms with van der Waals surface area (Å²) in [6, 6.07) is 0.373. The quantitative estimate of drug-likeness (QED) is 0.841. The lowest BCUT2D eigenvalue weighted by atomic mass is 10.3. The second-order valence-electron chi connectivity index (χ2n) is 4.55. The van der Waals surface area contributed by atoms with Crippen molar-refractivity contribution in [3.8, 4) is 5.88 Å². The minimum Gasteiger partial charge on any atom is -0.479 e. The predicted octanol–water partition coefficient (Wildman–Crippen LogP) is 1.32. The van der Waals surface area contributed by atoms with E-state index in [4.69, 9.17) is 10.5 Å². The highest BCUT2D eigenvalue weighted by atomic mass is 32.2. The lowest BCUT2D eigenvalue weighted by Crippen LogP contribution is -2.08. The van der Waals surface area contributed by atoms with Crippen LogP contribution in [-0.4, -0.2) is 37.3 Å². The van der Waals surface area contributed by atoms with Crippen LogP contribution in [0.1, 0.15) is 31.7 Å². The van der Waals surface area contributed by atoms with Crippen molar-refractivity contribution in [2.24, 2.45) is 0 Å². The van der Waals surface area contributed by atoms with Crippen molar-refractivity contribution < 1.29 is 4.74 Å². The van der Waals surface area contributed by atoms with Crippen molar-refractivity contribution in [2.75, 3.05) is 12.8 Å². The molecule has 2 heterocycles. The summed E-state index contributed by atoms with van der Waals surface area (Å²) in [5.41, 5.74) is 6.37. The molecule has 2 aromatic rings. The Morgan fingerprint density at radius 2 is 2.15 bits per heavy atom. The van der Waals surface area contributed by atoms with Crippen LogP contribution in [0, 0.1) is 0 Å². The van der Waals surface area contributed by atoms with E-state index in [9.17, 15) is 0 Å².